The molecule has 0 N–H and O–H groups in total. The van der Waals surface area contributed by atoms with Crippen molar-refractivity contribution in [2.75, 3.05) is 19.8 Å². The lowest BCUT2D eigenvalue weighted by Gasteiger charge is -2.20. The second-order valence-electron chi connectivity index (χ2n) is 2.67. The highest BCUT2D eigenvalue weighted by Gasteiger charge is 2.20. The fourth-order valence-electron chi connectivity index (χ4n) is 0.721. The first kappa shape index (κ1) is 16.0. The first-order valence-corrected chi connectivity index (χ1v) is 7.38. The summed E-state index contributed by atoms with van der Waals surface area (Å²) in [5, 5.41) is 25.1. The normalized spacial score (nSPS) is 10.2. The largest absolute Gasteiger partial charge is 0.327 e. The third-order valence-corrected chi connectivity index (χ3v) is 3.83. The molecule has 0 aliphatic rings. The lowest BCUT2D eigenvalue weighted by atomic mass is 10.5. The number of hydrogen-bond acceptors (Lipinski definition) is 7. The molecule has 0 aromatic carbocycles. The molecule has 0 aromatic rings. The molecule has 0 atom stereocenters. The number of rotatable bonds is 9. The van der Waals surface area contributed by atoms with E-state index in [1.54, 1.807) is 0 Å². The van der Waals surface area contributed by atoms with Gasteiger partial charge in [-0.3, -0.25) is 0 Å². The van der Waals surface area contributed by atoms with Gasteiger partial charge in [0.25, 0.3) is 0 Å². The third-order valence-electron chi connectivity index (χ3n) is 1.39. The van der Waals surface area contributed by atoms with Crippen LogP contribution in [-0.2, 0) is 25.4 Å². The van der Waals surface area contributed by atoms with Crippen molar-refractivity contribution in [3.63, 3.8) is 0 Å². The second-order valence-corrected chi connectivity index (χ2v) is 5.68. The van der Waals surface area contributed by atoms with Crippen LogP contribution in [0.5, 0.6) is 0 Å². The van der Waals surface area contributed by atoms with Gasteiger partial charge >= 0.3 is 6.72 Å². The van der Waals surface area contributed by atoms with E-state index in [1.165, 1.54) is 0 Å². The molecule has 92 valence electrons. The Labute approximate surface area is 106 Å². The summed E-state index contributed by atoms with van der Waals surface area (Å²) >= 11 is 5.06. The zero-order valence-corrected chi connectivity index (χ0v) is 10.9. The molecule has 0 amide bonds. The van der Waals surface area contributed by atoms with Gasteiger partial charge in [-0.05, 0) is 11.8 Å². The highest BCUT2D eigenvalue weighted by atomic mass is 32.5. The monoisotopic (exact) mass is 273 g/mol. The Morgan fingerprint density at radius 2 is 1.06 bits per heavy atom. The minimum atomic E-state index is -2.93. The summed E-state index contributed by atoms with van der Waals surface area (Å²) in [5.74, 6) is 0. The third kappa shape index (κ3) is 8.77. The standard InChI is InChI=1S/C9H12N3O3PS/c10-4-1-7-13-16(17,14-8-2-5-11)15-9-3-6-12/h1-3,7-9H2. The summed E-state index contributed by atoms with van der Waals surface area (Å²) in [6, 6.07) is 5.72. The minimum Gasteiger partial charge on any atom is -0.308 e. The van der Waals surface area contributed by atoms with Gasteiger partial charge in [0.2, 0.25) is 0 Å². The van der Waals surface area contributed by atoms with Crippen LogP contribution in [-0.4, -0.2) is 19.8 Å². The molecule has 0 aliphatic heterocycles. The Bertz CT molecular complexity index is 325. The van der Waals surface area contributed by atoms with Crippen molar-refractivity contribution in [2.45, 2.75) is 19.3 Å². The van der Waals surface area contributed by atoms with Crippen LogP contribution in [0, 0.1) is 34.0 Å². The van der Waals surface area contributed by atoms with Gasteiger partial charge in [0.05, 0.1) is 57.3 Å². The molecule has 0 aromatic heterocycles. The Balaban J connectivity index is 4.16. The summed E-state index contributed by atoms with van der Waals surface area (Å²) in [6.45, 7) is -2.57. The molecule has 8 heteroatoms. The molecule has 17 heavy (non-hydrogen) atoms. The van der Waals surface area contributed by atoms with Crippen molar-refractivity contribution < 1.29 is 13.6 Å². The first-order valence-electron chi connectivity index (χ1n) is 4.83. The predicted molar refractivity (Wildman–Crippen MR) is 62.8 cm³/mol. The number of hydrogen-bond donors (Lipinski definition) is 0. The molecule has 0 saturated carbocycles. The van der Waals surface area contributed by atoms with E-state index in [4.69, 9.17) is 41.2 Å². The molecule has 0 unspecified atom stereocenters. The fourth-order valence-corrected chi connectivity index (χ4v) is 2.56. The summed E-state index contributed by atoms with van der Waals surface area (Å²) in [4.78, 5) is 0. The fraction of sp³-hybridized carbons (Fsp3) is 0.667. The molecule has 0 radical (unpaired) electrons. The van der Waals surface area contributed by atoms with Crippen molar-refractivity contribution in [2.24, 2.45) is 0 Å². The van der Waals surface area contributed by atoms with E-state index in [2.05, 4.69) is 0 Å². The van der Waals surface area contributed by atoms with Gasteiger partial charge in [-0.2, -0.15) is 15.8 Å². The van der Waals surface area contributed by atoms with E-state index in [9.17, 15) is 0 Å². The molecule has 0 rings (SSSR count). The second kappa shape index (κ2) is 10.2. The Morgan fingerprint density at radius 1 is 0.765 bits per heavy atom. The maximum absolute atomic E-state index is 8.37. The van der Waals surface area contributed by atoms with E-state index in [1.807, 2.05) is 18.2 Å². The van der Waals surface area contributed by atoms with Crippen molar-refractivity contribution >= 4 is 18.5 Å². The van der Waals surface area contributed by atoms with Crippen molar-refractivity contribution in [3.8, 4) is 18.2 Å². The van der Waals surface area contributed by atoms with E-state index in [0.29, 0.717) is 0 Å². The topological polar surface area (TPSA) is 99.1 Å². The molecule has 0 saturated heterocycles. The van der Waals surface area contributed by atoms with E-state index < -0.39 is 6.72 Å². The summed E-state index contributed by atoms with van der Waals surface area (Å²) in [5.41, 5.74) is 0. The zero-order valence-electron chi connectivity index (χ0n) is 9.16. The van der Waals surface area contributed by atoms with Crippen LogP contribution in [0.1, 0.15) is 19.3 Å². The van der Waals surface area contributed by atoms with Gasteiger partial charge in [0.1, 0.15) is 0 Å². The smallest absolute Gasteiger partial charge is 0.308 e. The van der Waals surface area contributed by atoms with Crippen LogP contribution < -0.4 is 0 Å². The molecule has 6 nitrogen and oxygen atoms in total. The molecule has 0 fully saturated rings. The summed E-state index contributed by atoms with van der Waals surface area (Å²) in [6.07, 6.45) is 0.546. The first-order chi connectivity index (χ1) is 8.18. The van der Waals surface area contributed by atoms with Gasteiger partial charge < -0.3 is 13.6 Å². The van der Waals surface area contributed by atoms with Gasteiger partial charge in [0.15, 0.2) is 0 Å². The van der Waals surface area contributed by atoms with Crippen LogP contribution in [0.4, 0.5) is 0 Å². The lowest BCUT2D eigenvalue weighted by molar-refractivity contribution is 0.163. The maximum Gasteiger partial charge on any atom is 0.327 e. The van der Waals surface area contributed by atoms with Crippen molar-refractivity contribution in [1.29, 1.82) is 15.8 Å². The van der Waals surface area contributed by atoms with Crippen LogP contribution in [0.25, 0.3) is 0 Å². The highest BCUT2D eigenvalue weighted by molar-refractivity contribution is 8.07. The van der Waals surface area contributed by atoms with Crippen LogP contribution >= 0.6 is 6.72 Å². The molecule has 0 bridgehead atoms. The minimum absolute atomic E-state index is 0.118. The summed E-state index contributed by atoms with van der Waals surface area (Å²) in [7, 11) is 0. The van der Waals surface area contributed by atoms with E-state index in [0.717, 1.165) is 0 Å². The molecular formula is C9H12N3O3PS. The zero-order chi connectivity index (χ0) is 13.0. The van der Waals surface area contributed by atoms with Crippen molar-refractivity contribution in [1.82, 2.24) is 0 Å². The average molecular weight is 273 g/mol. The van der Waals surface area contributed by atoms with E-state index in [-0.39, 0.29) is 39.1 Å². The van der Waals surface area contributed by atoms with Crippen molar-refractivity contribution in [3.05, 3.63) is 0 Å². The summed E-state index contributed by atoms with van der Waals surface area (Å²) < 4.78 is 15.6. The quantitative estimate of drug-likeness (QED) is 0.468. The van der Waals surface area contributed by atoms with Gasteiger partial charge in [0, 0.05) is 0 Å². The highest BCUT2D eigenvalue weighted by Crippen LogP contribution is 2.50. The van der Waals surface area contributed by atoms with Gasteiger partial charge in [-0.1, -0.05) is 0 Å². The maximum atomic E-state index is 8.37. The Kier molecular flexibility index (Phi) is 9.57. The Hall–Kier alpha value is -1.00. The van der Waals surface area contributed by atoms with Gasteiger partial charge in [-0.15, -0.1) is 0 Å². The number of nitrogens with zero attached hydrogens (tertiary/aromatic N) is 3. The molecule has 0 spiro atoms. The number of nitriles is 3. The molecule has 0 aliphatic carbocycles. The molecular weight excluding hydrogens is 261 g/mol. The van der Waals surface area contributed by atoms with Crippen LogP contribution in [0.2, 0.25) is 0 Å². The SMILES string of the molecule is N#CCCOP(=S)(OCCC#N)OCCC#N. The van der Waals surface area contributed by atoms with Crippen LogP contribution in [0.15, 0.2) is 0 Å². The average Bonchev–Trinajstić information content (AvgIpc) is 2.30. The molecule has 0 heterocycles. The Morgan fingerprint density at radius 3 is 1.29 bits per heavy atom. The van der Waals surface area contributed by atoms with E-state index >= 15 is 0 Å². The lowest BCUT2D eigenvalue weighted by Crippen LogP contribution is -2.03. The predicted octanol–water partition coefficient (Wildman–Crippen LogP) is 2.00. The van der Waals surface area contributed by atoms with Gasteiger partial charge in [-0.25, -0.2) is 0 Å². The van der Waals surface area contributed by atoms with Crippen LogP contribution in [0.3, 0.4) is 0 Å².